The van der Waals surface area contributed by atoms with Crippen LogP contribution < -0.4 is 5.32 Å². The molecule has 0 aromatic rings. The molecule has 1 atom stereocenters. The molecule has 0 radical (unpaired) electrons. The Bertz CT molecular complexity index is 248. The van der Waals surface area contributed by atoms with E-state index in [1.54, 1.807) is 0 Å². The largest absolute Gasteiger partial charge is 0.335 e. The standard InChI is InChI=1S/C13H26N2O/c1-6-7-12(16)15-8-11(10(2)3)14-9-13(15,4)5/h10-11,14H,6-9H2,1-5H3. The normalized spacial score (nSPS) is 24.9. The van der Waals surface area contributed by atoms with Gasteiger partial charge in [0.2, 0.25) is 5.91 Å². The summed E-state index contributed by atoms with van der Waals surface area (Å²) in [6.45, 7) is 12.5. The lowest BCUT2D eigenvalue weighted by atomic mass is 9.92. The van der Waals surface area contributed by atoms with Crippen molar-refractivity contribution in [3.8, 4) is 0 Å². The van der Waals surface area contributed by atoms with Crippen LogP contribution in [0.4, 0.5) is 0 Å². The Balaban J connectivity index is 2.72. The SMILES string of the molecule is CCCC(=O)N1CC(C(C)C)NCC1(C)C. The number of hydrogen-bond acceptors (Lipinski definition) is 2. The molecule has 1 aliphatic heterocycles. The molecule has 1 saturated heterocycles. The second-order valence-electron chi connectivity index (χ2n) is 5.80. The number of nitrogens with zero attached hydrogens (tertiary/aromatic N) is 1. The zero-order chi connectivity index (χ0) is 12.3. The molecule has 0 aromatic heterocycles. The summed E-state index contributed by atoms with van der Waals surface area (Å²) < 4.78 is 0. The van der Waals surface area contributed by atoms with Crippen molar-refractivity contribution < 1.29 is 4.79 Å². The Kier molecular flexibility index (Phi) is 4.36. The first-order valence-electron chi connectivity index (χ1n) is 6.42. The summed E-state index contributed by atoms with van der Waals surface area (Å²) in [7, 11) is 0. The molecule has 0 aromatic carbocycles. The highest BCUT2D eigenvalue weighted by Crippen LogP contribution is 2.22. The van der Waals surface area contributed by atoms with Crippen LogP contribution >= 0.6 is 0 Å². The summed E-state index contributed by atoms with van der Waals surface area (Å²) in [5.74, 6) is 0.882. The Morgan fingerprint density at radius 3 is 2.62 bits per heavy atom. The molecule has 0 aliphatic carbocycles. The maximum atomic E-state index is 12.1. The van der Waals surface area contributed by atoms with Gasteiger partial charge in [-0.2, -0.15) is 0 Å². The first-order chi connectivity index (χ1) is 7.38. The number of carbonyl (C=O) groups excluding carboxylic acids is 1. The maximum absolute atomic E-state index is 12.1. The molecule has 1 aliphatic rings. The monoisotopic (exact) mass is 226 g/mol. The van der Waals surface area contributed by atoms with Crippen LogP contribution in [0.2, 0.25) is 0 Å². The number of hydrogen-bond donors (Lipinski definition) is 1. The summed E-state index contributed by atoms with van der Waals surface area (Å²) >= 11 is 0. The smallest absolute Gasteiger partial charge is 0.223 e. The van der Waals surface area contributed by atoms with Crippen molar-refractivity contribution in [2.24, 2.45) is 5.92 Å². The van der Waals surface area contributed by atoms with Crippen LogP contribution in [0.5, 0.6) is 0 Å². The fraction of sp³-hybridized carbons (Fsp3) is 0.923. The van der Waals surface area contributed by atoms with Crippen molar-refractivity contribution in [3.05, 3.63) is 0 Å². The van der Waals surface area contributed by atoms with E-state index in [1.165, 1.54) is 0 Å². The lowest BCUT2D eigenvalue weighted by Crippen LogP contribution is -2.64. The molecular formula is C13H26N2O. The van der Waals surface area contributed by atoms with Gasteiger partial charge in [0.1, 0.15) is 0 Å². The first-order valence-corrected chi connectivity index (χ1v) is 6.42. The minimum atomic E-state index is -0.0440. The minimum Gasteiger partial charge on any atom is -0.335 e. The number of carbonyl (C=O) groups is 1. The molecular weight excluding hydrogens is 200 g/mol. The summed E-state index contributed by atoms with van der Waals surface area (Å²) in [6.07, 6.45) is 1.61. The molecule has 3 heteroatoms. The van der Waals surface area contributed by atoms with Gasteiger partial charge in [-0.05, 0) is 26.2 Å². The molecule has 1 amide bonds. The van der Waals surface area contributed by atoms with Crippen LogP contribution in [0.25, 0.3) is 0 Å². The number of nitrogens with one attached hydrogen (secondary N) is 1. The van der Waals surface area contributed by atoms with Crippen LogP contribution in [0.3, 0.4) is 0 Å². The van der Waals surface area contributed by atoms with Crippen molar-refractivity contribution in [3.63, 3.8) is 0 Å². The molecule has 0 bridgehead atoms. The van der Waals surface area contributed by atoms with Gasteiger partial charge in [-0.3, -0.25) is 4.79 Å². The number of rotatable bonds is 3. The van der Waals surface area contributed by atoms with Gasteiger partial charge < -0.3 is 10.2 Å². The molecule has 1 fully saturated rings. The van der Waals surface area contributed by atoms with Gasteiger partial charge in [0.25, 0.3) is 0 Å². The number of amides is 1. The second kappa shape index (κ2) is 5.17. The molecule has 1 unspecified atom stereocenters. The molecule has 3 nitrogen and oxygen atoms in total. The van der Waals surface area contributed by atoms with Crippen LogP contribution in [0.1, 0.15) is 47.5 Å². The number of piperazine rings is 1. The van der Waals surface area contributed by atoms with E-state index in [0.29, 0.717) is 24.3 Å². The van der Waals surface area contributed by atoms with E-state index in [0.717, 1.165) is 19.5 Å². The van der Waals surface area contributed by atoms with Crippen molar-refractivity contribution in [1.29, 1.82) is 0 Å². The Labute approximate surface area is 99.6 Å². The summed E-state index contributed by atoms with van der Waals surface area (Å²) in [6, 6.07) is 0.439. The van der Waals surface area contributed by atoms with Crippen LogP contribution in [0.15, 0.2) is 0 Å². The molecule has 16 heavy (non-hydrogen) atoms. The zero-order valence-corrected chi connectivity index (χ0v) is 11.3. The van der Waals surface area contributed by atoms with Gasteiger partial charge in [0.05, 0.1) is 0 Å². The lowest BCUT2D eigenvalue weighted by molar-refractivity contribution is -0.139. The lowest BCUT2D eigenvalue weighted by Gasteiger charge is -2.47. The summed E-state index contributed by atoms with van der Waals surface area (Å²) in [4.78, 5) is 14.1. The molecule has 1 N–H and O–H groups in total. The van der Waals surface area contributed by atoms with Gasteiger partial charge in [-0.1, -0.05) is 20.8 Å². The van der Waals surface area contributed by atoms with E-state index >= 15 is 0 Å². The molecule has 1 rings (SSSR count). The fourth-order valence-corrected chi connectivity index (χ4v) is 2.22. The van der Waals surface area contributed by atoms with Gasteiger partial charge in [0.15, 0.2) is 0 Å². The Morgan fingerprint density at radius 1 is 1.50 bits per heavy atom. The second-order valence-corrected chi connectivity index (χ2v) is 5.80. The van der Waals surface area contributed by atoms with Crippen LogP contribution in [-0.2, 0) is 4.79 Å². The highest BCUT2D eigenvalue weighted by atomic mass is 16.2. The highest BCUT2D eigenvalue weighted by molar-refractivity contribution is 5.77. The topological polar surface area (TPSA) is 32.3 Å². The van der Waals surface area contributed by atoms with Gasteiger partial charge in [0, 0.05) is 31.1 Å². The third kappa shape index (κ3) is 2.97. The average molecular weight is 226 g/mol. The van der Waals surface area contributed by atoms with E-state index in [4.69, 9.17) is 0 Å². The summed E-state index contributed by atoms with van der Waals surface area (Å²) in [5, 5.41) is 3.54. The fourth-order valence-electron chi connectivity index (χ4n) is 2.22. The predicted octanol–water partition coefficient (Wildman–Crippen LogP) is 2.02. The van der Waals surface area contributed by atoms with E-state index < -0.39 is 0 Å². The summed E-state index contributed by atoms with van der Waals surface area (Å²) in [5.41, 5.74) is -0.0440. The first kappa shape index (κ1) is 13.5. The van der Waals surface area contributed by atoms with Crippen molar-refractivity contribution in [1.82, 2.24) is 10.2 Å². The third-order valence-corrected chi connectivity index (χ3v) is 3.48. The molecule has 94 valence electrons. The highest BCUT2D eigenvalue weighted by Gasteiger charge is 2.37. The van der Waals surface area contributed by atoms with E-state index in [2.05, 4.69) is 44.8 Å². The van der Waals surface area contributed by atoms with E-state index in [9.17, 15) is 4.79 Å². The zero-order valence-electron chi connectivity index (χ0n) is 11.3. The van der Waals surface area contributed by atoms with Crippen molar-refractivity contribution in [2.75, 3.05) is 13.1 Å². The Morgan fingerprint density at radius 2 is 2.12 bits per heavy atom. The van der Waals surface area contributed by atoms with Crippen LogP contribution in [-0.4, -0.2) is 35.5 Å². The van der Waals surface area contributed by atoms with Crippen LogP contribution in [0, 0.1) is 5.92 Å². The maximum Gasteiger partial charge on any atom is 0.223 e. The molecule has 0 spiro atoms. The minimum absolute atomic E-state index is 0.0440. The van der Waals surface area contributed by atoms with Gasteiger partial charge >= 0.3 is 0 Å². The molecule has 1 heterocycles. The van der Waals surface area contributed by atoms with Gasteiger partial charge in [-0.25, -0.2) is 0 Å². The third-order valence-electron chi connectivity index (χ3n) is 3.48. The molecule has 0 saturated carbocycles. The van der Waals surface area contributed by atoms with E-state index in [-0.39, 0.29) is 5.54 Å². The average Bonchev–Trinajstić information content (AvgIpc) is 2.16. The van der Waals surface area contributed by atoms with Crippen molar-refractivity contribution in [2.45, 2.75) is 59.0 Å². The predicted molar refractivity (Wildman–Crippen MR) is 67.3 cm³/mol. The Hall–Kier alpha value is -0.570. The van der Waals surface area contributed by atoms with Gasteiger partial charge in [-0.15, -0.1) is 0 Å². The van der Waals surface area contributed by atoms with E-state index in [1.807, 2.05) is 0 Å². The van der Waals surface area contributed by atoms with Crippen molar-refractivity contribution >= 4 is 5.91 Å². The quantitative estimate of drug-likeness (QED) is 0.798.